The first kappa shape index (κ1) is 44.6. The van der Waals surface area contributed by atoms with Crippen LogP contribution in [0.5, 0.6) is 0 Å². The Morgan fingerprint density at radius 2 is 0.936 bits per heavy atom. The Balaban J connectivity index is 3.77. The Bertz CT molecular complexity index is 879. The summed E-state index contributed by atoms with van der Waals surface area (Å²) < 4.78 is 0. The van der Waals surface area contributed by atoms with Crippen LogP contribution in [-0.4, -0.2) is 34.9 Å². The lowest BCUT2D eigenvalue weighted by Crippen LogP contribution is -2.45. The van der Waals surface area contributed by atoms with Crippen molar-refractivity contribution in [2.24, 2.45) is 0 Å². The van der Waals surface area contributed by atoms with Crippen LogP contribution in [0, 0.1) is 0 Å². The molecule has 2 atom stereocenters. The molecule has 0 aromatic heterocycles. The van der Waals surface area contributed by atoms with Gasteiger partial charge < -0.3 is 15.5 Å². The minimum absolute atomic E-state index is 0.111. The van der Waals surface area contributed by atoms with Crippen molar-refractivity contribution in [1.29, 1.82) is 0 Å². The molecular formula is C43H73NO3. The van der Waals surface area contributed by atoms with Gasteiger partial charge in [0, 0.05) is 6.42 Å². The van der Waals surface area contributed by atoms with Gasteiger partial charge in [-0.15, -0.1) is 0 Å². The molecule has 0 rings (SSSR count). The molecule has 0 spiro atoms. The molecule has 47 heavy (non-hydrogen) atoms. The standard InChI is InChI=1S/C43H73NO3/c1-3-5-7-9-11-13-15-17-19-20-21-22-23-24-25-27-29-31-33-35-37-39-43(47)44-41(40-45)42(46)38-36-34-32-30-28-26-18-16-14-12-10-8-6-4-2/h5,7,11,13,17,19,21-22,24-25,29,31,36,38,41-42,45-46H,3-4,6,8-10,12,14-16,18,20,23,26-28,30,32-35,37,39-40H2,1-2H3,(H,44,47)/b7-5-,13-11-,19-17-,22-21-,25-24-,31-29-,38-36+. The van der Waals surface area contributed by atoms with Gasteiger partial charge in [-0.3, -0.25) is 4.79 Å². The predicted molar refractivity (Wildman–Crippen MR) is 207 cm³/mol. The maximum Gasteiger partial charge on any atom is 0.220 e. The third-order valence-electron chi connectivity index (χ3n) is 8.13. The van der Waals surface area contributed by atoms with Crippen molar-refractivity contribution < 1.29 is 15.0 Å². The largest absolute Gasteiger partial charge is 0.394 e. The molecule has 1 amide bonds. The molecule has 2 unspecified atom stereocenters. The van der Waals surface area contributed by atoms with Gasteiger partial charge >= 0.3 is 0 Å². The van der Waals surface area contributed by atoms with E-state index in [0.717, 1.165) is 70.6 Å². The lowest BCUT2D eigenvalue weighted by Gasteiger charge is -2.19. The zero-order chi connectivity index (χ0) is 34.3. The predicted octanol–water partition coefficient (Wildman–Crippen LogP) is 11.7. The third-order valence-corrected chi connectivity index (χ3v) is 8.13. The molecule has 0 bridgehead atoms. The van der Waals surface area contributed by atoms with Crippen LogP contribution in [-0.2, 0) is 4.79 Å². The molecule has 0 heterocycles. The van der Waals surface area contributed by atoms with E-state index in [-0.39, 0.29) is 12.5 Å². The molecule has 0 fully saturated rings. The number of unbranched alkanes of at least 4 members (excludes halogenated alkanes) is 14. The maximum atomic E-state index is 12.3. The Morgan fingerprint density at radius 1 is 0.532 bits per heavy atom. The van der Waals surface area contributed by atoms with E-state index in [1.165, 1.54) is 70.6 Å². The number of carbonyl (C=O) groups excluding carboxylic acids is 1. The van der Waals surface area contributed by atoms with E-state index in [2.05, 4.69) is 92.1 Å². The molecule has 0 saturated heterocycles. The number of amides is 1. The van der Waals surface area contributed by atoms with E-state index in [1.54, 1.807) is 6.08 Å². The summed E-state index contributed by atoms with van der Waals surface area (Å²) in [4.78, 5) is 12.3. The highest BCUT2D eigenvalue weighted by Crippen LogP contribution is 2.13. The number of hydrogen-bond acceptors (Lipinski definition) is 3. The van der Waals surface area contributed by atoms with E-state index in [0.29, 0.717) is 6.42 Å². The first-order valence-electron chi connectivity index (χ1n) is 19.3. The van der Waals surface area contributed by atoms with Crippen LogP contribution >= 0.6 is 0 Å². The smallest absolute Gasteiger partial charge is 0.220 e. The van der Waals surface area contributed by atoms with Crippen molar-refractivity contribution >= 4 is 5.91 Å². The maximum absolute atomic E-state index is 12.3. The second kappa shape index (κ2) is 38.0. The van der Waals surface area contributed by atoms with E-state index in [1.807, 2.05) is 6.08 Å². The summed E-state index contributed by atoms with van der Waals surface area (Å²) in [5, 5.41) is 22.9. The van der Waals surface area contributed by atoms with Crippen molar-refractivity contribution in [2.75, 3.05) is 6.61 Å². The van der Waals surface area contributed by atoms with E-state index < -0.39 is 12.1 Å². The lowest BCUT2D eigenvalue weighted by molar-refractivity contribution is -0.123. The number of rotatable bonds is 33. The van der Waals surface area contributed by atoms with Crippen molar-refractivity contribution in [3.05, 3.63) is 85.1 Å². The van der Waals surface area contributed by atoms with E-state index in [4.69, 9.17) is 0 Å². The highest BCUT2D eigenvalue weighted by molar-refractivity contribution is 5.76. The molecule has 0 aromatic rings. The van der Waals surface area contributed by atoms with Crippen LogP contribution in [0.2, 0.25) is 0 Å². The average molecular weight is 652 g/mol. The molecule has 0 aromatic carbocycles. The fourth-order valence-corrected chi connectivity index (χ4v) is 5.18. The summed E-state index contributed by atoms with van der Waals surface area (Å²) in [6.45, 7) is 4.15. The summed E-state index contributed by atoms with van der Waals surface area (Å²) in [7, 11) is 0. The van der Waals surface area contributed by atoms with Gasteiger partial charge in [-0.25, -0.2) is 0 Å². The quantitative estimate of drug-likeness (QED) is 0.0488. The van der Waals surface area contributed by atoms with Gasteiger partial charge in [0.15, 0.2) is 0 Å². The number of hydrogen-bond donors (Lipinski definition) is 3. The molecule has 0 aliphatic rings. The van der Waals surface area contributed by atoms with Crippen LogP contribution in [0.3, 0.4) is 0 Å². The van der Waals surface area contributed by atoms with Gasteiger partial charge in [0.1, 0.15) is 0 Å². The van der Waals surface area contributed by atoms with Crippen LogP contribution in [0.1, 0.15) is 162 Å². The zero-order valence-corrected chi connectivity index (χ0v) is 30.5. The number of carbonyl (C=O) groups is 1. The first-order chi connectivity index (χ1) is 23.2. The van der Waals surface area contributed by atoms with Gasteiger partial charge in [-0.1, -0.05) is 170 Å². The minimum Gasteiger partial charge on any atom is -0.394 e. The first-order valence-corrected chi connectivity index (χ1v) is 19.3. The van der Waals surface area contributed by atoms with Crippen molar-refractivity contribution in [1.82, 2.24) is 5.32 Å². The van der Waals surface area contributed by atoms with Gasteiger partial charge in [0.05, 0.1) is 18.8 Å². The van der Waals surface area contributed by atoms with Crippen LogP contribution in [0.4, 0.5) is 0 Å². The molecule has 0 aliphatic carbocycles. The molecule has 0 aliphatic heterocycles. The summed E-state index contributed by atoms with van der Waals surface area (Å²) in [6, 6.07) is -0.649. The van der Waals surface area contributed by atoms with Crippen LogP contribution in [0.25, 0.3) is 0 Å². The lowest BCUT2D eigenvalue weighted by atomic mass is 10.0. The molecule has 4 nitrogen and oxygen atoms in total. The van der Waals surface area contributed by atoms with Crippen LogP contribution in [0.15, 0.2) is 85.1 Å². The summed E-state index contributed by atoms with van der Waals surface area (Å²) in [5.74, 6) is -0.111. The Hall–Kier alpha value is -2.43. The van der Waals surface area contributed by atoms with Crippen molar-refractivity contribution in [3.8, 4) is 0 Å². The van der Waals surface area contributed by atoms with Gasteiger partial charge in [-0.2, -0.15) is 0 Å². The molecule has 0 radical (unpaired) electrons. The van der Waals surface area contributed by atoms with Crippen molar-refractivity contribution in [3.63, 3.8) is 0 Å². The Kier molecular flexibility index (Phi) is 36.1. The van der Waals surface area contributed by atoms with Crippen molar-refractivity contribution in [2.45, 2.75) is 174 Å². The third kappa shape index (κ3) is 34.7. The molecule has 4 heteroatoms. The summed E-state index contributed by atoms with van der Waals surface area (Å²) >= 11 is 0. The van der Waals surface area contributed by atoms with E-state index in [9.17, 15) is 15.0 Å². The topological polar surface area (TPSA) is 69.6 Å². The summed E-state index contributed by atoms with van der Waals surface area (Å²) in [6.07, 6.45) is 55.2. The van der Waals surface area contributed by atoms with E-state index >= 15 is 0 Å². The minimum atomic E-state index is -0.861. The molecule has 3 N–H and O–H groups in total. The fourth-order valence-electron chi connectivity index (χ4n) is 5.18. The normalized spacial score (nSPS) is 14.0. The molecule has 0 saturated carbocycles. The monoisotopic (exact) mass is 652 g/mol. The number of aliphatic hydroxyl groups excluding tert-OH is 2. The molecular weight excluding hydrogens is 578 g/mol. The van der Waals surface area contributed by atoms with Gasteiger partial charge in [0.25, 0.3) is 0 Å². The second-order valence-corrected chi connectivity index (χ2v) is 12.6. The number of allylic oxidation sites excluding steroid dienone is 13. The molecule has 268 valence electrons. The van der Waals surface area contributed by atoms with Gasteiger partial charge in [-0.05, 0) is 70.6 Å². The Morgan fingerprint density at radius 3 is 1.40 bits per heavy atom. The number of nitrogens with one attached hydrogen (secondary N) is 1. The fraction of sp³-hybridized carbons (Fsp3) is 0.651. The van der Waals surface area contributed by atoms with Crippen LogP contribution < -0.4 is 5.32 Å². The summed E-state index contributed by atoms with van der Waals surface area (Å²) in [5.41, 5.74) is 0. The highest BCUT2D eigenvalue weighted by atomic mass is 16.3. The van der Waals surface area contributed by atoms with Gasteiger partial charge in [0.2, 0.25) is 5.91 Å². The second-order valence-electron chi connectivity index (χ2n) is 12.6. The average Bonchev–Trinajstić information content (AvgIpc) is 3.07. The number of aliphatic hydroxyl groups is 2. The highest BCUT2D eigenvalue weighted by Gasteiger charge is 2.17. The SMILES string of the molecule is CC/C=C\C/C=C\C/C=C\C/C=C\C/C=C\C/C=C\CCCCC(=O)NC(CO)C(O)/C=C/CCCCCCCCCCCCCC. The Labute approximate surface area is 291 Å². The zero-order valence-electron chi connectivity index (χ0n) is 30.5.